The first-order valence-electron chi connectivity index (χ1n) is 15.6. The standard InChI is InChI=1S/C30H48N8O8/c31-13-3-1-6-21(27(42)37-22(30(45)46)7-2-4-14-32)35-26(41)18-34-28(43)24-8-5-15-38(24)29(44)23(36-25(40)17-33)16-19-9-11-20(39)12-10-19/h9-12,21-24,39H,1-8,13-18,31-33H2,(H,34,43)(H,35,41)(H,36,40)(H,37,42)(H,45,46)/t21-,22-,23-,24-/m0/s1. The molecule has 1 saturated heterocycles. The molecule has 1 aliphatic rings. The minimum Gasteiger partial charge on any atom is -0.508 e. The Morgan fingerprint density at radius 2 is 1.43 bits per heavy atom. The molecule has 1 aromatic carbocycles. The summed E-state index contributed by atoms with van der Waals surface area (Å²) in [5.74, 6) is -4.12. The quantitative estimate of drug-likeness (QED) is 0.0684. The maximum atomic E-state index is 13.5. The van der Waals surface area contributed by atoms with Crippen LogP contribution >= 0.6 is 0 Å². The Bertz CT molecular complexity index is 1180. The number of unbranched alkanes of at least 4 members (excludes halogenated alkanes) is 2. The van der Waals surface area contributed by atoms with Gasteiger partial charge in [0.25, 0.3) is 0 Å². The minimum atomic E-state index is -1.20. The third-order valence-electron chi connectivity index (χ3n) is 7.62. The number of carboxylic acids is 1. The highest BCUT2D eigenvalue weighted by molar-refractivity contribution is 5.95. The third kappa shape index (κ3) is 12.6. The number of benzene rings is 1. The predicted octanol–water partition coefficient (Wildman–Crippen LogP) is -2.20. The molecule has 0 radical (unpaired) electrons. The summed E-state index contributed by atoms with van der Waals surface area (Å²) < 4.78 is 0. The van der Waals surface area contributed by atoms with Crippen molar-refractivity contribution in [3.05, 3.63) is 29.8 Å². The van der Waals surface area contributed by atoms with Gasteiger partial charge in [-0.05, 0) is 82.2 Å². The van der Waals surface area contributed by atoms with Crippen LogP contribution in [0.4, 0.5) is 0 Å². The molecule has 0 saturated carbocycles. The number of amides is 5. The number of rotatable bonds is 20. The first kappa shape index (κ1) is 37.9. The van der Waals surface area contributed by atoms with Gasteiger partial charge in [-0.1, -0.05) is 12.1 Å². The second kappa shape index (κ2) is 20.0. The maximum Gasteiger partial charge on any atom is 0.326 e. The Morgan fingerprint density at radius 1 is 0.826 bits per heavy atom. The van der Waals surface area contributed by atoms with Crippen molar-refractivity contribution in [1.82, 2.24) is 26.2 Å². The molecule has 12 N–H and O–H groups in total. The zero-order valence-corrected chi connectivity index (χ0v) is 26.0. The van der Waals surface area contributed by atoms with Gasteiger partial charge in [-0.3, -0.25) is 24.0 Å². The molecule has 1 aliphatic heterocycles. The minimum absolute atomic E-state index is 0.0447. The van der Waals surface area contributed by atoms with E-state index in [2.05, 4.69) is 21.3 Å². The number of nitrogens with two attached hydrogens (primary N) is 3. The first-order valence-corrected chi connectivity index (χ1v) is 15.6. The van der Waals surface area contributed by atoms with Gasteiger partial charge in [-0.2, -0.15) is 0 Å². The molecule has 0 aromatic heterocycles. The summed E-state index contributed by atoms with van der Waals surface area (Å²) >= 11 is 0. The second-order valence-electron chi connectivity index (χ2n) is 11.2. The molecule has 0 aliphatic carbocycles. The second-order valence-corrected chi connectivity index (χ2v) is 11.2. The first-order chi connectivity index (χ1) is 22.0. The SMILES string of the molecule is NCCCC[C@H](NC(=O)[C@H](CCCCN)NC(=O)CNC(=O)[C@@H]1CCCN1C(=O)[C@H](Cc1ccc(O)cc1)NC(=O)CN)C(=O)O. The van der Waals surface area contributed by atoms with Crippen LogP contribution in [-0.4, -0.2) is 108 Å². The van der Waals surface area contributed by atoms with Gasteiger partial charge in [-0.15, -0.1) is 0 Å². The number of likely N-dealkylation sites (tertiary alicyclic amines) is 1. The number of phenolic OH excluding ortho intramolecular Hbond substituents is 1. The van der Waals surface area contributed by atoms with E-state index in [1.54, 1.807) is 12.1 Å². The normalized spacial score (nSPS) is 16.2. The van der Waals surface area contributed by atoms with E-state index in [1.165, 1.54) is 17.0 Å². The highest BCUT2D eigenvalue weighted by Gasteiger charge is 2.38. The zero-order chi connectivity index (χ0) is 34.1. The topological polar surface area (TPSA) is 272 Å². The fraction of sp³-hybridized carbons (Fsp3) is 0.600. The summed E-state index contributed by atoms with van der Waals surface area (Å²) in [4.78, 5) is 77.6. The number of carboxylic acid groups (broad SMARTS) is 1. The van der Waals surface area contributed by atoms with Crippen molar-refractivity contribution in [2.75, 3.05) is 32.7 Å². The van der Waals surface area contributed by atoms with Crippen LogP contribution in [0.15, 0.2) is 24.3 Å². The summed E-state index contributed by atoms with van der Waals surface area (Å²) in [5.41, 5.74) is 17.1. The predicted molar refractivity (Wildman–Crippen MR) is 168 cm³/mol. The van der Waals surface area contributed by atoms with Crippen LogP contribution in [0, 0.1) is 0 Å². The summed E-state index contributed by atoms with van der Waals surface area (Å²) in [7, 11) is 0. The fourth-order valence-electron chi connectivity index (χ4n) is 5.14. The van der Waals surface area contributed by atoms with Gasteiger partial charge in [0.1, 0.15) is 29.9 Å². The summed E-state index contributed by atoms with van der Waals surface area (Å²) in [6, 6.07) is 2.03. The summed E-state index contributed by atoms with van der Waals surface area (Å²) in [6.07, 6.45) is 3.52. The van der Waals surface area contributed by atoms with Crippen LogP contribution in [0.3, 0.4) is 0 Å². The van der Waals surface area contributed by atoms with Gasteiger partial charge in [0.2, 0.25) is 29.5 Å². The molecular weight excluding hydrogens is 600 g/mol. The van der Waals surface area contributed by atoms with Crippen LogP contribution in [-0.2, 0) is 35.2 Å². The number of nitrogens with zero attached hydrogens (tertiary/aromatic N) is 1. The number of aliphatic carboxylic acids is 1. The number of hydrogen-bond donors (Lipinski definition) is 9. The van der Waals surface area contributed by atoms with Gasteiger partial charge in [0.15, 0.2) is 0 Å². The molecule has 1 fully saturated rings. The number of aromatic hydroxyl groups is 1. The van der Waals surface area contributed by atoms with Crippen molar-refractivity contribution in [1.29, 1.82) is 0 Å². The monoisotopic (exact) mass is 648 g/mol. The van der Waals surface area contributed by atoms with Gasteiger partial charge in [0, 0.05) is 13.0 Å². The zero-order valence-electron chi connectivity index (χ0n) is 26.0. The molecule has 16 nitrogen and oxygen atoms in total. The molecule has 0 spiro atoms. The molecule has 0 unspecified atom stereocenters. The third-order valence-corrected chi connectivity index (χ3v) is 7.62. The van der Waals surface area contributed by atoms with Crippen molar-refractivity contribution in [3.63, 3.8) is 0 Å². The Labute approximate surface area is 268 Å². The molecule has 2 rings (SSSR count). The van der Waals surface area contributed by atoms with Crippen molar-refractivity contribution < 1.29 is 39.0 Å². The average Bonchev–Trinajstić information content (AvgIpc) is 3.53. The van der Waals surface area contributed by atoms with Crippen molar-refractivity contribution in [2.45, 2.75) is 82.0 Å². The smallest absolute Gasteiger partial charge is 0.326 e. The highest BCUT2D eigenvalue weighted by atomic mass is 16.4. The van der Waals surface area contributed by atoms with Crippen molar-refractivity contribution in [3.8, 4) is 5.75 Å². The number of carbonyl (C=O) groups excluding carboxylic acids is 5. The van der Waals surface area contributed by atoms with Crippen molar-refractivity contribution in [2.24, 2.45) is 17.2 Å². The van der Waals surface area contributed by atoms with E-state index >= 15 is 0 Å². The highest BCUT2D eigenvalue weighted by Crippen LogP contribution is 2.20. The van der Waals surface area contributed by atoms with Crippen LogP contribution in [0.2, 0.25) is 0 Å². The van der Waals surface area contributed by atoms with Crippen LogP contribution < -0.4 is 38.5 Å². The van der Waals surface area contributed by atoms with E-state index in [0.717, 1.165) is 0 Å². The number of hydrogen-bond acceptors (Lipinski definition) is 10. The van der Waals surface area contributed by atoms with Crippen molar-refractivity contribution >= 4 is 35.5 Å². The largest absolute Gasteiger partial charge is 0.508 e. The number of carbonyl (C=O) groups is 6. The Morgan fingerprint density at radius 3 is 2.02 bits per heavy atom. The average molecular weight is 649 g/mol. The van der Waals surface area contributed by atoms with Crippen LogP contribution in [0.25, 0.3) is 0 Å². The van der Waals surface area contributed by atoms with E-state index in [-0.39, 0.29) is 38.1 Å². The Kier molecular flexibility index (Phi) is 16.5. The molecule has 0 bridgehead atoms. The lowest BCUT2D eigenvalue weighted by Gasteiger charge is -2.29. The Balaban J connectivity index is 2.04. The van der Waals surface area contributed by atoms with E-state index in [4.69, 9.17) is 17.2 Å². The van der Waals surface area contributed by atoms with E-state index in [9.17, 15) is 39.0 Å². The van der Waals surface area contributed by atoms with Gasteiger partial charge in [-0.25, -0.2) is 4.79 Å². The number of nitrogens with one attached hydrogen (secondary N) is 4. The molecular formula is C30H48N8O8. The molecule has 1 heterocycles. The lowest BCUT2D eigenvalue weighted by Crippen LogP contribution is -2.56. The van der Waals surface area contributed by atoms with Gasteiger partial charge < -0.3 is 53.6 Å². The van der Waals surface area contributed by atoms with E-state index in [1.807, 2.05) is 0 Å². The lowest BCUT2D eigenvalue weighted by atomic mass is 10.0. The molecule has 16 heteroatoms. The summed E-state index contributed by atoms with van der Waals surface area (Å²) in [6.45, 7) is 0.193. The lowest BCUT2D eigenvalue weighted by molar-refractivity contribution is -0.142. The van der Waals surface area contributed by atoms with E-state index in [0.29, 0.717) is 57.2 Å². The molecule has 4 atom stereocenters. The summed E-state index contributed by atoms with van der Waals surface area (Å²) in [5, 5.41) is 29.3. The Hall–Kier alpha value is -4.28. The van der Waals surface area contributed by atoms with E-state index < -0.39 is 66.2 Å². The molecule has 1 aromatic rings. The van der Waals surface area contributed by atoms with Crippen LogP contribution in [0.5, 0.6) is 5.75 Å². The fourth-order valence-corrected chi connectivity index (χ4v) is 5.14. The van der Waals surface area contributed by atoms with Crippen LogP contribution in [0.1, 0.15) is 56.9 Å². The molecule has 46 heavy (non-hydrogen) atoms. The number of phenols is 1. The van der Waals surface area contributed by atoms with Gasteiger partial charge >= 0.3 is 5.97 Å². The molecule has 5 amide bonds. The van der Waals surface area contributed by atoms with Gasteiger partial charge in [0.05, 0.1) is 13.1 Å². The molecule has 256 valence electrons. The maximum absolute atomic E-state index is 13.5.